The molecule has 0 saturated heterocycles. The minimum Gasteiger partial charge on any atom is -0.446 e. The van der Waals surface area contributed by atoms with Gasteiger partial charge in [0.1, 0.15) is 0 Å². The molecule has 0 bridgehead atoms. The van der Waals surface area contributed by atoms with Gasteiger partial charge in [-0.2, -0.15) is 0 Å². The summed E-state index contributed by atoms with van der Waals surface area (Å²) in [5, 5.41) is 11.5. The molecule has 0 spiro atoms. The lowest BCUT2D eigenvalue weighted by atomic mass is 9.46. The van der Waals surface area contributed by atoms with Crippen LogP contribution in [0, 0.1) is 28.6 Å². The summed E-state index contributed by atoms with van der Waals surface area (Å²) in [6, 6.07) is -0.315. The molecule has 4 aliphatic carbocycles. The van der Waals surface area contributed by atoms with Crippen LogP contribution < -0.4 is 0 Å². The molecular formula is C24H31ClO6. The van der Waals surface area contributed by atoms with Gasteiger partial charge in [-0.15, -0.1) is 0 Å². The Balaban J connectivity index is 1.75. The molecule has 0 aliphatic heterocycles. The van der Waals surface area contributed by atoms with E-state index in [4.69, 9.17) is 21.1 Å². The van der Waals surface area contributed by atoms with E-state index in [-0.39, 0.29) is 41.4 Å². The number of fused-ring (bicyclic) bond motifs is 5. The van der Waals surface area contributed by atoms with E-state index < -0.39 is 29.1 Å². The van der Waals surface area contributed by atoms with Crippen LogP contribution in [0.4, 0.5) is 0 Å². The fraction of sp³-hybridized carbons (Fsp3) is 0.708. The first-order valence-electron chi connectivity index (χ1n) is 11.2. The van der Waals surface area contributed by atoms with Crippen molar-refractivity contribution >= 4 is 29.3 Å². The van der Waals surface area contributed by atoms with Crippen molar-refractivity contribution in [3.05, 3.63) is 23.8 Å². The average Bonchev–Trinajstić information content (AvgIpc) is 3.01. The van der Waals surface area contributed by atoms with Crippen LogP contribution in [0.3, 0.4) is 0 Å². The lowest BCUT2D eigenvalue weighted by Crippen LogP contribution is -2.62. The van der Waals surface area contributed by atoms with Crippen molar-refractivity contribution in [2.45, 2.75) is 71.0 Å². The summed E-state index contributed by atoms with van der Waals surface area (Å²) in [5.41, 5.74) is -1.51. The second-order valence-corrected chi connectivity index (χ2v) is 10.2. The van der Waals surface area contributed by atoms with Gasteiger partial charge in [-0.25, -0.2) is 4.79 Å². The maximum absolute atomic E-state index is 13.1. The quantitative estimate of drug-likeness (QED) is 0.519. The first kappa shape index (κ1) is 22.5. The van der Waals surface area contributed by atoms with Gasteiger partial charge in [-0.05, 0) is 56.1 Å². The molecule has 0 unspecified atom stereocenters. The molecule has 4 rings (SSSR count). The molecule has 31 heavy (non-hydrogen) atoms. The second-order valence-electron chi connectivity index (χ2n) is 9.95. The van der Waals surface area contributed by atoms with Crippen molar-refractivity contribution in [3.8, 4) is 0 Å². The van der Waals surface area contributed by atoms with Crippen LogP contribution in [-0.4, -0.2) is 40.6 Å². The highest BCUT2D eigenvalue weighted by Gasteiger charge is 2.71. The lowest BCUT2D eigenvalue weighted by molar-refractivity contribution is -0.211. The van der Waals surface area contributed by atoms with Crippen LogP contribution >= 0.6 is 11.6 Å². The Morgan fingerprint density at radius 1 is 1.29 bits per heavy atom. The molecule has 0 aromatic carbocycles. The molecule has 1 N–H and O–H groups in total. The average molecular weight is 451 g/mol. The van der Waals surface area contributed by atoms with Gasteiger partial charge in [-0.1, -0.05) is 44.0 Å². The van der Waals surface area contributed by atoms with E-state index in [9.17, 15) is 19.5 Å². The number of esters is 2. The zero-order chi connectivity index (χ0) is 22.6. The van der Waals surface area contributed by atoms with E-state index in [1.54, 1.807) is 19.1 Å². The molecule has 3 fully saturated rings. The highest BCUT2D eigenvalue weighted by Crippen LogP contribution is 2.68. The van der Waals surface area contributed by atoms with Crippen molar-refractivity contribution in [2.75, 3.05) is 6.07 Å². The first-order valence-corrected chi connectivity index (χ1v) is 11.7. The summed E-state index contributed by atoms with van der Waals surface area (Å²) in [7, 11) is 0. The Morgan fingerprint density at radius 3 is 2.71 bits per heavy atom. The topological polar surface area (TPSA) is 89.9 Å². The minimum atomic E-state index is -1.44. The number of carbonyl (C=O) groups is 3. The predicted molar refractivity (Wildman–Crippen MR) is 114 cm³/mol. The van der Waals surface area contributed by atoms with Crippen LogP contribution in [0.2, 0.25) is 0 Å². The van der Waals surface area contributed by atoms with Crippen molar-refractivity contribution in [1.82, 2.24) is 0 Å². The maximum atomic E-state index is 13.1. The van der Waals surface area contributed by atoms with Crippen LogP contribution in [0.5, 0.6) is 0 Å². The Labute approximate surface area is 188 Å². The van der Waals surface area contributed by atoms with Crippen LogP contribution in [0.1, 0.15) is 59.3 Å². The van der Waals surface area contributed by atoms with Crippen LogP contribution in [0.25, 0.3) is 0 Å². The fourth-order valence-corrected chi connectivity index (χ4v) is 7.39. The van der Waals surface area contributed by atoms with E-state index in [2.05, 4.69) is 6.92 Å². The van der Waals surface area contributed by atoms with Gasteiger partial charge >= 0.3 is 11.9 Å². The monoisotopic (exact) mass is 450 g/mol. The number of rotatable bonds is 4. The predicted octanol–water partition coefficient (Wildman–Crippen LogP) is 3.70. The first-order chi connectivity index (χ1) is 14.6. The molecule has 0 aromatic rings. The zero-order valence-electron chi connectivity index (χ0n) is 18.4. The fourth-order valence-electron chi connectivity index (χ4n) is 7.29. The molecule has 3 saturated carbocycles. The zero-order valence-corrected chi connectivity index (χ0v) is 19.1. The van der Waals surface area contributed by atoms with Crippen molar-refractivity contribution in [3.63, 3.8) is 0 Å². The minimum absolute atomic E-state index is 0.00348. The number of hydrogen-bond acceptors (Lipinski definition) is 6. The Hall–Kier alpha value is -1.66. The number of ether oxygens (including phenoxy) is 2. The molecule has 0 radical (unpaired) electrons. The molecular weight excluding hydrogens is 420 g/mol. The highest BCUT2D eigenvalue weighted by atomic mass is 35.5. The third-order valence-corrected chi connectivity index (χ3v) is 8.82. The molecule has 7 atom stereocenters. The molecule has 0 heterocycles. The van der Waals surface area contributed by atoms with E-state index in [1.165, 1.54) is 0 Å². The van der Waals surface area contributed by atoms with Gasteiger partial charge < -0.3 is 14.6 Å². The van der Waals surface area contributed by atoms with Gasteiger partial charge in [0, 0.05) is 23.2 Å². The van der Waals surface area contributed by atoms with Gasteiger partial charge in [-0.3, -0.25) is 9.59 Å². The Bertz CT molecular complexity index is 864. The number of halogens is 1. The van der Waals surface area contributed by atoms with E-state index in [1.807, 2.05) is 13.0 Å². The van der Waals surface area contributed by atoms with E-state index in [0.717, 1.165) is 18.4 Å². The number of alkyl halides is 1. The van der Waals surface area contributed by atoms with Crippen molar-refractivity contribution < 1.29 is 29.0 Å². The molecule has 7 heteroatoms. The summed E-state index contributed by atoms with van der Waals surface area (Å²) in [4.78, 5) is 37.5. The molecule has 6 nitrogen and oxygen atoms in total. The normalized spacial score (nSPS) is 43.4. The van der Waals surface area contributed by atoms with Crippen molar-refractivity contribution in [2.24, 2.45) is 28.6 Å². The van der Waals surface area contributed by atoms with Gasteiger partial charge in [0.2, 0.25) is 5.60 Å². The standard InChI is InChI=1S/C24H31ClO6/c1-4-19(28)31-24(21(29)30-13-25)10-8-17-16-6-5-14-11-15(26)7-9-22(14,2)20(16)18(27)12-23(17,24)3/h7,9,11,16-18,20,27H,4-6,8,10,12-13H2,1-3H3/t16-,17-,18-,20+,22-,23-,24-/m0/s1. The number of aliphatic hydroxyl groups is 1. The molecule has 0 amide bonds. The summed E-state index contributed by atoms with van der Waals surface area (Å²) in [5.74, 6) is -0.921. The summed E-state index contributed by atoms with van der Waals surface area (Å²) in [6.45, 7) is 5.75. The summed E-state index contributed by atoms with van der Waals surface area (Å²) in [6.07, 6.45) is 7.70. The number of hydrogen-bond donors (Lipinski definition) is 1. The van der Waals surface area contributed by atoms with Crippen LogP contribution in [-0.2, 0) is 23.9 Å². The number of allylic oxidation sites excluding steroid dienone is 4. The number of carbonyl (C=O) groups excluding carboxylic acids is 3. The molecule has 4 aliphatic rings. The molecule has 0 aromatic heterocycles. The van der Waals surface area contributed by atoms with Gasteiger partial charge in [0.05, 0.1) is 6.10 Å². The van der Waals surface area contributed by atoms with Crippen LogP contribution in [0.15, 0.2) is 23.8 Å². The maximum Gasteiger partial charge on any atom is 0.352 e. The van der Waals surface area contributed by atoms with Gasteiger partial charge in [0.25, 0.3) is 0 Å². The highest BCUT2D eigenvalue weighted by molar-refractivity contribution is 6.17. The van der Waals surface area contributed by atoms with Crippen molar-refractivity contribution in [1.29, 1.82) is 0 Å². The lowest BCUT2D eigenvalue weighted by Gasteiger charge is -2.59. The number of aliphatic hydroxyl groups excluding tert-OH is 1. The largest absolute Gasteiger partial charge is 0.446 e. The smallest absolute Gasteiger partial charge is 0.352 e. The third-order valence-electron chi connectivity index (χ3n) is 8.71. The summed E-state index contributed by atoms with van der Waals surface area (Å²) >= 11 is 5.70. The number of ketones is 1. The third kappa shape index (κ3) is 3.12. The second kappa shape index (κ2) is 7.73. The SMILES string of the molecule is CCC(=O)O[C@]1(C(=O)OCCl)CC[C@H]2[C@@H]3CCC4=CC(=O)C=C[C@]4(C)[C@H]3[C@@H](O)C[C@@]21C. The van der Waals surface area contributed by atoms with Gasteiger partial charge in [0.15, 0.2) is 11.8 Å². The van der Waals surface area contributed by atoms with E-state index in [0.29, 0.717) is 19.3 Å². The van der Waals surface area contributed by atoms with E-state index >= 15 is 0 Å². The Kier molecular flexibility index (Phi) is 5.62. The Morgan fingerprint density at radius 2 is 2.03 bits per heavy atom. The summed E-state index contributed by atoms with van der Waals surface area (Å²) < 4.78 is 11.0. The molecule has 170 valence electrons.